The van der Waals surface area contributed by atoms with Gasteiger partial charge in [-0.1, -0.05) is 54.6 Å². The second kappa shape index (κ2) is 17.7. The second-order valence-electron chi connectivity index (χ2n) is 16.6. The molecule has 4 aromatic carbocycles. The standard InChI is InChI=1S/C55H31F12N5/c56-52(57,58)34-12-4-30(5-13-34)48-39-29-47(69-40(39)21-20-38-3-1-2-28-68-38)51(33-10-18-37(19-11-33)55(65,66)67)46-27-26-45(72-46)50(32-8-16-36(17-9-32)54(62,63)64)44-25-24-43(71-44)49(42-23-22-41(48)70-42)31-6-14-35(15-7-31)53(59,60)61/h1-29,70,72H/b21-20+,48-39?,48-41?,49-42?,49-43?,50-44?,50-45?,51-46?,51-47?. The van der Waals surface area contributed by atoms with Crippen LogP contribution < -0.4 is 0 Å². The third-order valence-electron chi connectivity index (χ3n) is 12.0. The van der Waals surface area contributed by atoms with E-state index >= 15 is 0 Å². The van der Waals surface area contributed by atoms with Crippen molar-refractivity contribution in [1.82, 2.24) is 19.9 Å². The molecule has 0 amide bonds. The Morgan fingerprint density at radius 1 is 0.389 bits per heavy atom. The van der Waals surface area contributed by atoms with Crippen molar-refractivity contribution in [2.24, 2.45) is 4.99 Å². The topological polar surface area (TPSA) is 69.7 Å². The normalized spacial score (nSPS) is 13.2. The molecule has 5 nitrogen and oxygen atoms in total. The average Bonchev–Trinajstić information content (AvgIpc) is 4.19. The third-order valence-corrected chi connectivity index (χ3v) is 12.0. The molecule has 0 atom stereocenters. The van der Waals surface area contributed by atoms with Crippen molar-refractivity contribution in [3.05, 3.63) is 203 Å². The van der Waals surface area contributed by atoms with E-state index in [9.17, 15) is 52.7 Å². The highest BCUT2D eigenvalue weighted by Gasteiger charge is 2.33. The van der Waals surface area contributed by atoms with Gasteiger partial charge in [-0.3, -0.25) is 4.98 Å². The number of aliphatic imine (C=N–C) groups is 1. The van der Waals surface area contributed by atoms with Crippen LogP contribution in [-0.4, -0.2) is 25.6 Å². The Hall–Kier alpha value is -8.47. The number of pyridine rings is 1. The van der Waals surface area contributed by atoms with Crippen LogP contribution in [0.25, 0.3) is 84.8 Å². The Balaban J connectivity index is 1.37. The summed E-state index contributed by atoms with van der Waals surface area (Å²) in [6.45, 7) is 0. The lowest BCUT2D eigenvalue weighted by atomic mass is 9.96. The van der Waals surface area contributed by atoms with Crippen LogP contribution in [0.4, 0.5) is 58.4 Å². The molecule has 0 aliphatic carbocycles. The number of benzene rings is 4. The first-order chi connectivity index (χ1) is 34.2. The van der Waals surface area contributed by atoms with E-state index in [4.69, 9.17) is 9.98 Å². The minimum absolute atomic E-state index is 0.184. The number of aromatic amines is 2. The summed E-state index contributed by atoms with van der Waals surface area (Å²) in [5.74, 6) is 0. The molecule has 17 heteroatoms. The van der Waals surface area contributed by atoms with E-state index in [1.54, 1.807) is 79.0 Å². The largest absolute Gasteiger partial charge is 0.416 e. The maximum Gasteiger partial charge on any atom is 0.416 e. The lowest BCUT2D eigenvalue weighted by molar-refractivity contribution is -0.138. The van der Waals surface area contributed by atoms with Crippen molar-refractivity contribution < 1.29 is 52.7 Å². The Morgan fingerprint density at radius 3 is 1.15 bits per heavy atom. The van der Waals surface area contributed by atoms with Gasteiger partial charge in [-0.15, -0.1) is 0 Å². The Bertz CT molecular complexity index is 3630. The van der Waals surface area contributed by atoms with Gasteiger partial charge in [-0.2, -0.15) is 52.7 Å². The molecular formula is C55H31F12N5. The number of halogens is 12. The zero-order valence-electron chi connectivity index (χ0n) is 36.6. The van der Waals surface area contributed by atoms with E-state index < -0.39 is 47.0 Å². The van der Waals surface area contributed by atoms with Crippen LogP contribution in [0.3, 0.4) is 0 Å². The van der Waals surface area contributed by atoms with Crippen LogP contribution in [-0.2, 0) is 24.7 Å². The first kappa shape index (κ1) is 47.2. The molecule has 2 aliphatic heterocycles. The lowest BCUT2D eigenvalue weighted by Gasteiger charge is -2.11. The number of rotatable bonds is 6. The molecule has 10 rings (SSSR count). The number of nitrogens with zero attached hydrogens (tertiary/aromatic N) is 3. The van der Waals surface area contributed by atoms with Gasteiger partial charge < -0.3 is 9.97 Å². The SMILES string of the molecule is FC(F)(F)c1ccc(-c2c3cc(c(-c4ccc(C(F)(F)F)cc4)c4ccc([nH]4)c(-c4ccc(C(F)(F)F)cc4)c4nc(c(-c5ccc(C(F)(F)F)cc5)c5ccc2[nH]5)C=C4)C(/C=C/c2ccccn2)=N3)cc1. The van der Waals surface area contributed by atoms with E-state index in [1.807, 2.05) is 0 Å². The molecule has 0 saturated heterocycles. The molecule has 2 N–H and O–H groups in total. The van der Waals surface area contributed by atoms with Crippen LogP contribution in [0.15, 0.2) is 163 Å². The fourth-order valence-corrected chi connectivity index (χ4v) is 8.62. The van der Waals surface area contributed by atoms with Gasteiger partial charge in [0, 0.05) is 56.1 Å². The van der Waals surface area contributed by atoms with Gasteiger partial charge in [0.1, 0.15) is 0 Å². The van der Waals surface area contributed by atoms with Gasteiger partial charge >= 0.3 is 24.7 Å². The molecule has 0 unspecified atom stereocenters. The van der Waals surface area contributed by atoms with E-state index in [1.165, 1.54) is 48.5 Å². The van der Waals surface area contributed by atoms with Crippen LogP contribution in [0.2, 0.25) is 0 Å². The number of nitrogens with one attached hydrogen (secondary N) is 2. The summed E-state index contributed by atoms with van der Waals surface area (Å²) in [6, 6.07) is 30.6. The monoisotopic (exact) mass is 989 g/mol. The molecule has 0 spiro atoms. The van der Waals surface area contributed by atoms with Gasteiger partial charge in [-0.05, 0) is 138 Å². The summed E-state index contributed by atoms with van der Waals surface area (Å²) < 4.78 is 167. The lowest BCUT2D eigenvalue weighted by Crippen LogP contribution is -2.04. The molecule has 2 aliphatic rings. The quantitative estimate of drug-likeness (QED) is 0.163. The zero-order valence-corrected chi connectivity index (χ0v) is 36.6. The average molecular weight is 990 g/mol. The maximum absolute atomic E-state index is 14.0. The highest BCUT2D eigenvalue weighted by molar-refractivity contribution is 6.20. The van der Waals surface area contributed by atoms with Gasteiger partial charge in [-0.25, -0.2) is 9.98 Å². The molecule has 6 heterocycles. The molecule has 0 saturated carbocycles. The van der Waals surface area contributed by atoms with E-state index in [-0.39, 0.29) is 67.2 Å². The highest BCUT2D eigenvalue weighted by Crippen LogP contribution is 2.44. The predicted octanol–water partition coefficient (Wildman–Crippen LogP) is 17.1. The minimum atomic E-state index is -4.70. The van der Waals surface area contributed by atoms with E-state index in [0.717, 1.165) is 48.5 Å². The van der Waals surface area contributed by atoms with Crippen LogP contribution in [0.1, 0.15) is 44.9 Å². The number of aromatic nitrogens is 4. The minimum Gasteiger partial charge on any atom is -0.354 e. The molecule has 4 aromatic heterocycles. The number of fused-ring (bicyclic) bond motifs is 8. The molecular weight excluding hydrogens is 959 g/mol. The Kier molecular flexibility index (Phi) is 11.6. The fraction of sp³-hybridized carbons (Fsp3) is 0.0727. The first-order valence-corrected chi connectivity index (χ1v) is 21.7. The van der Waals surface area contributed by atoms with Crippen LogP contribution >= 0.6 is 0 Å². The fourth-order valence-electron chi connectivity index (χ4n) is 8.62. The van der Waals surface area contributed by atoms with Crippen molar-refractivity contribution in [3.63, 3.8) is 0 Å². The van der Waals surface area contributed by atoms with E-state index in [0.29, 0.717) is 33.4 Å². The first-order valence-electron chi connectivity index (χ1n) is 21.7. The van der Waals surface area contributed by atoms with Crippen LogP contribution in [0, 0.1) is 0 Å². The third kappa shape index (κ3) is 9.32. The molecule has 0 fully saturated rings. The summed E-state index contributed by atoms with van der Waals surface area (Å²) in [5.41, 5.74) is 1.31. The summed E-state index contributed by atoms with van der Waals surface area (Å²) in [7, 11) is 0. The van der Waals surface area contributed by atoms with Crippen molar-refractivity contribution in [2.45, 2.75) is 24.7 Å². The van der Waals surface area contributed by atoms with Gasteiger partial charge in [0.2, 0.25) is 0 Å². The summed E-state index contributed by atoms with van der Waals surface area (Å²) in [6.07, 6.45) is -10.8. The molecule has 72 heavy (non-hydrogen) atoms. The van der Waals surface area contributed by atoms with Gasteiger partial charge in [0.05, 0.1) is 50.7 Å². The Labute approximate surface area is 400 Å². The summed E-state index contributed by atoms with van der Waals surface area (Å²) in [4.78, 5) is 21.1. The summed E-state index contributed by atoms with van der Waals surface area (Å²) >= 11 is 0. The molecule has 0 radical (unpaired) electrons. The van der Waals surface area contributed by atoms with Crippen molar-refractivity contribution in [1.29, 1.82) is 0 Å². The van der Waals surface area contributed by atoms with Gasteiger partial charge in [0.25, 0.3) is 0 Å². The van der Waals surface area contributed by atoms with Gasteiger partial charge in [0.15, 0.2) is 0 Å². The number of H-pyrrole nitrogens is 2. The number of hydrogen-bond donors (Lipinski definition) is 2. The van der Waals surface area contributed by atoms with E-state index in [2.05, 4.69) is 15.0 Å². The van der Waals surface area contributed by atoms with Crippen molar-refractivity contribution >= 4 is 51.7 Å². The zero-order chi connectivity index (χ0) is 50.7. The second-order valence-corrected chi connectivity index (χ2v) is 16.6. The van der Waals surface area contributed by atoms with Crippen molar-refractivity contribution in [3.8, 4) is 44.5 Å². The number of allylic oxidation sites excluding steroid dienone is 1. The maximum atomic E-state index is 14.0. The number of hydrogen-bond acceptors (Lipinski definition) is 3. The van der Waals surface area contributed by atoms with Crippen molar-refractivity contribution in [2.75, 3.05) is 0 Å². The summed E-state index contributed by atoms with van der Waals surface area (Å²) in [5, 5.41) is 0. The molecule has 360 valence electrons. The molecule has 8 bridgehead atoms. The van der Waals surface area contributed by atoms with Crippen LogP contribution in [0.5, 0.6) is 0 Å². The number of alkyl halides is 12. The Morgan fingerprint density at radius 2 is 0.764 bits per heavy atom. The predicted molar refractivity (Wildman–Crippen MR) is 253 cm³/mol. The molecule has 8 aromatic rings. The highest BCUT2D eigenvalue weighted by atomic mass is 19.4. The smallest absolute Gasteiger partial charge is 0.354 e.